The summed E-state index contributed by atoms with van der Waals surface area (Å²) in [6.45, 7) is 4.16. The fourth-order valence-corrected chi connectivity index (χ4v) is 2.66. The molecule has 1 atom stereocenters. The standard InChI is InChI=1S/C16H19N3/c1-2-4-15(5-3-1)16-12-18-10-11-19(16)13-14-6-8-17-9-7-14/h1-9,16,18H,10-13H2/t16-/m0/s1. The maximum Gasteiger partial charge on any atom is 0.0476 e. The predicted octanol–water partition coefficient (Wildman–Crippen LogP) is 2.23. The van der Waals surface area contributed by atoms with Crippen LogP contribution in [0.3, 0.4) is 0 Å². The van der Waals surface area contributed by atoms with Crippen LogP contribution in [0.15, 0.2) is 54.9 Å². The Bertz CT molecular complexity index is 498. The first-order chi connectivity index (χ1) is 9.43. The summed E-state index contributed by atoms with van der Waals surface area (Å²) >= 11 is 0. The zero-order valence-electron chi connectivity index (χ0n) is 11.0. The van der Waals surface area contributed by atoms with Gasteiger partial charge in [-0.3, -0.25) is 9.88 Å². The Morgan fingerprint density at radius 1 is 1.11 bits per heavy atom. The van der Waals surface area contributed by atoms with E-state index >= 15 is 0 Å². The first-order valence-electron chi connectivity index (χ1n) is 6.82. The van der Waals surface area contributed by atoms with Gasteiger partial charge in [-0.15, -0.1) is 0 Å². The number of hydrogen-bond acceptors (Lipinski definition) is 3. The van der Waals surface area contributed by atoms with Crippen LogP contribution in [0.2, 0.25) is 0 Å². The lowest BCUT2D eigenvalue weighted by Crippen LogP contribution is -2.45. The Kier molecular flexibility index (Phi) is 3.86. The Morgan fingerprint density at radius 2 is 1.89 bits per heavy atom. The fourth-order valence-electron chi connectivity index (χ4n) is 2.66. The van der Waals surface area contributed by atoms with Crippen molar-refractivity contribution < 1.29 is 0 Å². The molecule has 0 unspecified atom stereocenters. The van der Waals surface area contributed by atoms with Gasteiger partial charge in [0, 0.05) is 44.6 Å². The topological polar surface area (TPSA) is 28.2 Å². The number of pyridine rings is 1. The molecule has 0 radical (unpaired) electrons. The highest BCUT2D eigenvalue weighted by Gasteiger charge is 2.23. The van der Waals surface area contributed by atoms with Gasteiger partial charge in [0.2, 0.25) is 0 Å². The lowest BCUT2D eigenvalue weighted by Gasteiger charge is -2.36. The van der Waals surface area contributed by atoms with Crippen LogP contribution in [0, 0.1) is 0 Å². The van der Waals surface area contributed by atoms with Crippen LogP contribution in [-0.2, 0) is 6.54 Å². The smallest absolute Gasteiger partial charge is 0.0476 e. The monoisotopic (exact) mass is 253 g/mol. The molecular weight excluding hydrogens is 234 g/mol. The van der Waals surface area contributed by atoms with Crippen molar-refractivity contribution >= 4 is 0 Å². The van der Waals surface area contributed by atoms with Crippen molar-refractivity contribution in [3.8, 4) is 0 Å². The second-order valence-corrected chi connectivity index (χ2v) is 4.96. The Balaban J connectivity index is 1.78. The first-order valence-corrected chi connectivity index (χ1v) is 6.82. The molecule has 1 aliphatic heterocycles. The highest BCUT2D eigenvalue weighted by atomic mass is 15.2. The average molecular weight is 253 g/mol. The Hall–Kier alpha value is -1.71. The summed E-state index contributed by atoms with van der Waals surface area (Å²) in [4.78, 5) is 6.63. The van der Waals surface area contributed by atoms with Crippen LogP contribution in [-0.4, -0.2) is 29.5 Å². The highest BCUT2D eigenvalue weighted by Crippen LogP contribution is 2.23. The fraction of sp³-hybridized carbons (Fsp3) is 0.312. The summed E-state index contributed by atoms with van der Waals surface area (Å²) in [5.74, 6) is 0. The van der Waals surface area contributed by atoms with Gasteiger partial charge in [0.25, 0.3) is 0 Å². The number of nitrogens with one attached hydrogen (secondary N) is 1. The van der Waals surface area contributed by atoms with Crippen molar-refractivity contribution in [3.63, 3.8) is 0 Å². The van der Waals surface area contributed by atoms with E-state index in [9.17, 15) is 0 Å². The minimum Gasteiger partial charge on any atom is -0.314 e. The van der Waals surface area contributed by atoms with Gasteiger partial charge in [-0.2, -0.15) is 0 Å². The molecule has 3 rings (SSSR count). The van der Waals surface area contributed by atoms with E-state index in [2.05, 4.69) is 57.7 Å². The van der Waals surface area contributed by atoms with Gasteiger partial charge in [-0.25, -0.2) is 0 Å². The van der Waals surface area contributed by atoms with E-state index in [1.807, 2.05) is 12.4 Å². The van der Waals surface area contributed by atoms with Crippen LogP contribution in [0.1, 0.15) is 17.2 Å². The van der Waals surface area contributed by atoms with Crippen molar-refractivity contribution in [3.05, 3.63) is 66.0 Å². The van der Waals surface area contributed by atoms with E-state index in [1.165, 1.54) is 11.1 Å². The number of rotatable bonds is 3. The van der Waals surface area contributed by atoms with Crippen molar-refractivity contribution in [2.75, 3.05) is 19.6 Å². The molecule has 0 aliphatic carbocycles. The molecule has 3 heteroatoms. The van der Waals surface area contributed by atoms with Crippen LogP contribution in [0.25, 0.3) is 0 Å². The van der Waals surface area contributed by atoms with Crippen LogP contribution in [0.5, 0.6) is 0 Å². The van der Waals surface area contributed by atoms with Gasteiger partial charge in [0.05, 0.1) is 0 Å². The van der Waals surface area contributed by atoms with Gasteiger partial charge >= 0.3 is 0 Å². The summed E-state index contributed by atoms with van der Waals surface area (Å²) < 4.78 is 0. The molecule has 1 saturated heterocycles. The third kappa shape index (κ3) is 3.00. The summed E-state index contributed by atoms with van der Waals surface area (Å²) in [6.07, 6.45) is 3.74. The summed E-state index contributed by atoms with van der Waals surface area (Å²) in [6, 6.07) is 15.4. The molecule has 98 valence electrons. The van der Waals surface area contributed by atoms with Crippen LogP contribution < -0.4 is 5.32 Å². The van der Waals surface area contributed by atoms with E-state index in [0.717, 1.165) is 26.2 Å². The predicted molar refractivity (Wildman–Crippen MR) is 76.7 cm³/mol. The van der Waals surface area contributed by atoms with Crippen molar-refractivity contribution in [2.24, 2.45) is 0 Å². The van der Waals surface area contributed by atoms with E-state index in [-0.39, 0.29) is 0 Å². The van der Waals surface area contributed by atoms with E-state index in [0.29, 0.717) is 6.04 Å². The second-order valence-electron chi connectivity index (χ2n) is 4.96. The molecule has 1 N–H and O–H groups in total. The summed E-state index contributed by atoms with van der Waals surface area (Å²) in [7, 11) is 0. The molecule has 0 bridgehead atoms. The summed E-state index contributed by atoms with van der Waals surface area (Å²) in [5.41, 5.74) is 2.72. The molecule has 1 fully saturated rings. The maximum atomic E-state index is 4.08. The molecule has 3 nitrogen and oxygen atoms in total. The van der Waals surface area contributed by atoms with Gasteiger partial charge in [0.1, 0.15) is 0 Å². The number of benzene rings is 1. The van der Waals surface area contributed by atoms with Crippen molar-refractivity contribution in [2.45, 2.75) is 12.6 Å². The zero-order valence-corrected chi connectivity index (χ0v) is 11.0. The van der Waals surface area contributed by atoms with Crippen LogP contribution in [0.4, 0.5) is 0 Å². The van der Waals surface area contributed by atoms with Gasteiger partial charge in [-0.05, 0) is 23.3 Å². The molecule has 1 aliphatic rings. The number of nitrogens with zero attached hydrogens (tertiary/aromatic N) is 2. The van der Waals surface area contributed by atoms with Crippen molar-refractivity contribution in [1.82, 2.24) is 15.2 Å². The molecule has 0 amide bonds. The lowest BCUT2D eigenvalue weighted by molar-refractivity contribution is 0.153. The summed E-state index contributed by atoms with van der Waals surface area (Å²) in [5, 5.41) is 3.50. The molecular formula is C16H19N3. The van der Waals surface area contributed by atoms with E-state index in [1.54, 1.807) is 0 Å². The lowest BCUT2D eigenvalue weighted by atomic mass is 10.0. The average Bonchev–Trinajstić information content (AvgIpc) is 2.50. The molecule has 1 aromatic carbocycles. The normalized spacial score (nSPS) is 20.3. The van der Waals surface area contributed by atoms with Crippen molar-refractivity contribution in [1.29, 1.82) is 0 Å². The SMILES string of the molecule is c1ccc([C@@H]2CNCCN2Cc2ccncc2)cc1. The first kappa shape index (κ1) is 12.3. The third-order valence-corrected chi connectivity index (χ3v) is 3.67. The van der Waals surface area contributed by atoms with E-state index < -0.39 is 0 Å². The zero-order chi connectivity index (χ0) is 12.9. The Labute approximate surface area is 114 Å². The minimum absolute atomic E-state index is 0.461. The molecule has 2 aromatic rings. The molecule has 1 aromatic heterocycles. The largest absolute Gasteiger partial charge is 0.314 e. The number of aromatic nitrogens is 1. The quantitative estimate of drug-likeness (QED) is 0.909. The molecule has 2 heterocycles. The van der Waals surface area contributed by atoms with Gasteiger partial charge in [0.15, 0.2) is 0 Å². The Morgan fingerprint density at radius 3 is 2.68 bits per heavy atom. The van der Waals surface area contributed by atoms with Crippen LogP contribution >= 0.6 is 0 Å². The van der Waals surface area contributed by atoms with E-state index in [4.69, 9.17) is 0 Å². The number of piperazine rings is 1. The van der Waals surface area contributed by atoms with Gasteiger partial charge in [-0.1, -0.05) is 30.3 Å². The molecule has 0 spiro atoms. The second kappa shape index (κ2) is 5.95. The molecule has 19 heavy (non-hydrogen) atoms. The molecule has 0 saturated carbocycles. The maximum absolute atomic E-state index is 4.08. The number of hydrogen-bond donors (Lipinski definition) is 1. The highest BCUT2D eigenvalue weighted by molar-refractivity contribution is 5.21. The third-order valence-electron chi connectivity index (χ3n) is 3.67. The van der Waals surface area contributed by atoms with Gasteiger partial charge < -0.3 is 5.32 Å². The minimum atomic E-state index is 0.461.